The van der Waals surface area contributed by atoms with Crippen molar-refractivity contribution in [3.63, 3.8) is 0 Å². The molecule has 0 saturated carbocycles. The molecule has 0 spiro atoms. The number of pyridine rings is 2. The van der Waals surface area contributed by atoms with Crippen LogP contribution in [0.3, 0.4) is 0 Å². The van der Waals surface area contributed by atoms with E-state index < -0.39 is 28.8 Å². The van der Waals surface area contributed by atoms with Crippen molar-refractivity contribution < 1.29 is 31.9 Å². The molecular weight excluding hydrogens is 411 g/mol. The molecule has 1 aliphatic rings. The van der Waals surface area contributed by atoms with Gasteiger partial charge in [0, 0.05) is 41.2 Å². The van der Waals surface area contributed by atoms with Crippen molar-refractivity contribution in [2.75, 3.05) is 7.11 Å². The number of imide groups is 1. The van der Waals surface area contributed by atoms with Crippen molar-refractivity contribution in [2.24, 2.45) is 0 Å². The molecule has 11 heteroatoms. The van der Waals surface area contributed by atoms with Crippen LogP contribution < -0.4 is 10.1 Å². The zero-order chi connectivity index (χ0) is 20.8. The third kappa shape index (κ3) is 3.56. The van der Waals surface area contributed by atoms with Crippen LogP contribution in [-0.2, 0) is 11.0 Å². The minimum Gasteiger partial charge on any atom is -0.481 e. The quantitative estimate of drug-likeness (QED) is 0.632. The Hall–Kier alpha value is -3.34. The minimum atomic E-state index is -4.66. The lowest BCUT2D eigenvalue weighted by atomic mass is 10.1. The molecule has 0 aromatic carbocycles. The number of halogens is 3. The maximum atomic E-state index is 13.3. The smallest absolute Gasteiger partial charge is 0.421 e. The Morgan fingerprint density at radius 1 is 1.21 bits per heavy atom. The number of ether oxygens (including phenoxy) is 1. The van der Waals surface area contributed by atoms with E-state index in [1.807, 2.05) is 0 Å². The second-order valence-electron chi connectivity index (χ2n) is 5.89. The molecule has 4 heterocycles. The minimum absolute atomic E-state index is 0.132. The molecule has 7 nitrogen and oxygen atoms in total. The number of amides is 2. The monoisotopic (exact) mass is 421 g/mol. The summed E-state index contributed by atoms with van der Waals surface area (Å²) in [6.07, 6.45) is 0.770. The number of carbonyl (C=O) groups excluding carboxylic acids is 2. The number of alkyl halides is 3. The van der Waals surface area contributed by atoms with Crippen molar-refractivity contribution in [1.29, 1.82) is 0 Å². The molecular formula is C18H10F3N3O4S. The number of hydrogen-bond donors (Lipinski definition) is 1. The number of methoxy groups -OCH3 is 1. The highest BCUT2D eigenvalue weighted by Crippen LogP contribution is 2.39. The average molecular weight is 421 g/mol. The molecule has 29 heavy (non-hydrogen) atoms. The third-order valence-corrected chi connectivity index (χ3v) is 4.83. The number of nitrogens with zero attached hydrogens (tertiary/aromatic N) is 2. The topological polar surface area (TPSA) is 94.3 Å². The van der Waals surface area contributed by atoms with Gasteiger partial charge in [-0.3, -0.25) is 19.9 Å². The van der Waals surface area contributed by atoms with Crippen LogP contribution in [0.4, 0.5) is 18.0 Å². The summed E-state index contributed by atoms with van der Waals surface area (Å²) in [5.74, 6) is -0.840. The molecule has 0 bridgehead atoms. The summed E-state index contributed by atoms with van der Waals surface area (Å²) >= 11 is 0.725. The van der Waals surface area contributed by atoms with Gasteiger partial charge in [-0.2, -0.15) is 13.2 Å². The van der Waals surface area contributed by atoms with E-state index in [9.17, 15) is 22.8 Å². The molecule has 1 saturated heterocycles. The summed E-state index contributed by atoms with van der Waals surface area (Å²) in [5, 5.41) is 2.14. The number of nitrogens with one attached hydrogen (secondary N) is 1. The van der Waals surface area contributed by atoms with E-state index in [2.05, 4.69) is 15.3 Å². The van der Waals surface area contributed by atoms with Gasteiger partial charge in [-0.05, 0) is 23.9 Å². The molecule has 148 valence electrons. The van der Waals surface area contributed by atoms with Gasteiger partial charge in [0.15, 0.2) is 0 Å². The van der Waals surface area contributed by atoms with Gasteiger partial charge in [0.05, 0.1) is 12.0 Å². The molecule has 0 aliphatic carbocycles. The Balaban J connectivity index is 1.82. The number of carbonyl (C=O) groups is 2. The van der Waals surface area contributed by atoms with Gasteiger partial charge >= 0.3 is 6.18 Å². The summed E-state index contributed by atoms with van der Waals surface area (Å²) in [5.41, 5.74) is -0.344. The Kier molecular flexibility index (Phi) is 4.53. The molecule has 2 amide bonds. The largest absolute Gasteiger partial charge is 0.481 e. The Labute approximate surface area is 165 Å². The number of thioether (sulfide) groups is 1. The van der Waals surface area contributed by atoms with Gasteiger partial charge in [-0.1, -0.05) is 0 Å². The Bertz CT molecular complexity index is 1190. The summed E-state index contributed by atoms with van der Waals surface area (Å²) in [7, 11) is 1.10. The van der Waals surface area contributed by atoms with E-state index in [1.165, 1.54) is 24.7 Å². The standard InChI is InChI=1S/C18H10F3N3O4S/c1-27-16-12(18(19,20)21)3-8(6-23-16)11-7-22-5-9-2-10(28-14(9)11)4-13-15(25)24-17(26)29-13/h2-7H,1H3,(H,24,25,26)/b13-4+. The summed E-state index contributed by atoms with van der Waals surface area (Å²) in [6, 6.07) is 2.47. The highest BCUT2D eigenvalue weighted by Gasteiger charge is 2.36. The lowest BCUT2D eigenvalue weighted by molar-refractivity contribution is -0.139. The molecule has 0 atom stereocenters. The first-order valence-corrected chi connectivity index (χ1v) is 8.82. The van der Waals surface area contributed by atoms with Gasteiger partial charge < -0.3 is 9.15 Å². The van der Waals surface area contributed by atoms with Gasteiger partial charge in [-0.25, -0.2) is 4.98 Å². The van der Waals surface area contributed by atoms with Crippen LogP contribution in [0.1, 0.15) is 11.3 Å². The van der Waals surface area contributed by atoms with Crippen molar-refractivity contribution in [1.82, 2.24) is 15.3 Å². The first-order valence-electron chi connectivity index (χ1n) is 8.00. The van der Waals surface area contributed by atoms with Crippen LogP contribution in [0.25, 0.3) is 28.2 Å². The Morgan fingerprint density at radius 2 is 2.00 bits per heavy atom. The van der Waals surface area contributed by atoms with Crippen molar-refractivity contribution in [2.45, 2.75) is 6.18 Å². The van der Waals surface area contributed by atoms with E-state index in [-0.39, 0.29) is 27.4 Å². The number of aromatic nitrogens is 2. The maximum absolute atomic E-state index is 13.3. The molecule has 4 rings (SSSR count). The van der Waals surface area contributed by atoms with Crippen LogP contribution in [0.5, 0.6) is 5.88 Å². The zero-order valence-corrected chi connectivity index (χ0v) is 15.4. The SMILES string of the molecule is COc1ncc(-c2cncc3cc(/C=C4/SC(=O)NC4=O)oc23)cc1C(F)(F)F. The van der Waals surface area contributed by atoms with E-state index >= 15 is 0 Å². The second kappa shape index (κ2) is 6.92. The number of furan rings is 1. The third-order valence-electron chi connectivity index (χ3n) is 4.02. The van der Waals surface area contributed by atoms with Crippen molar-refractivity contribution >= 4 is 40.0 Å². The first kappa shape index (κ1) is 19.0. The molecule has 1 aliphatic heterocycles. The Morgan fingerprint density at radius 3 is 2.66 bits per heavy atom. The van der Waals surface area contributed by atoms with Crippen LogP contribution in [-0.4, -0.2) is 28.2 Å². The normalized spacial score (nSPS) is 15.9. The lowest BCUT2D eigenvalue weighted by Gasteiger charge is -2.12. The summed E-state index contributed by atoms with van der Waals surface area (Å²) in [6.45, 7) is 0. The predicted molar refractivity (Wildman–Crippen MR) is 97.9 cm³/mol. The van der Waals surface area contributed by atoms with Crippen LogP contribution >= 0.6 is 11.8 Å². The van der Waals surface area contributed by atoms with Crippen molar-refractivity contribution in [3.8, 4) is 17.0 Å². The highest BCUT2D eigenvalue weighted by molar-refractivity contribution is 8.18. The van der Waals surface area contributed by atoms with Crippen LogP contribution in [0.15, 0.2) is 40.0 Å². The maximum Gasteiger partial charge on any atom is 0.421 e. The molecule has 0 unspecified atom stereocenters. The fourth-order valence-electron chi connectivity index (χ4n) is 2.77. The van der Waals surface area contributed by atoms with Gasteiger partial charge in [0.2, 0.25) is 5.88 Å². The van der Waals surface area contributed by atoms with Gasteiger partial charge in [0.1, 0.15) is 16.9 Å². The predicted octanol–water partition coefficient (Wildman–Crippen LogP) is 4.24. The van der Waals surface area contributed by atoms with E-state index in [4.69, 9.17) is 9.15 Å². The summed E-state index contributed by atoms with van der Waals surface area (Å²) < 4.78 is 50.4. The fraction of sp³-hybridized carbons (Fsp3) is 0.111. The van der Waals surface area contributed by atoms with E-state index in [0.29, 0.717) is 5.39 Å². The highest BCUT2D eigenvalue weighted by atomic mass is 32.2. The second-order valence-corrected chi connectivity index (χ2v) is 6.90. The average Bonchev–Trinajstić information content (AvgIpc) is 3.22. The number of fused-ring (bicyclic) bond motifs is 1. The number of rotatable bonds is 3. The zero-order valence-electron chi connectivity index (χ0n) is 14.5. The van der Waals surface area contributed by atoms with E-state index in [0.717, 1.165) is 24.9 Å². The molecule has 1 N–H and O–H groups in total. The molecule has 3 aromatic rings. The van der Waals surface area contributed by atoms with Crippen molar-refractivity contribution in [3.05, 3.63) is 47.0 Å². The summed E-state index contributed by atoms with van der Waals surface area (Å²) in [4.78, 5) is 30.9. The van der Waals surface area contributed by atoms with Gasteiger partial charge in [-0.15, -0.1) is 0 Å². The fourth-order valence-corrected chi connectivity index (χ4v) is 3.44. The molecule has 1 fully saturated rings. The van der Waals surface area contributed by atoms with E-state index in [1.54, 1.807) is 6.07 Å². The first-order chi connectivity index (χ1) is 13.8. The van der Waals surface area contributed by atoms with Crippen LogP contribution in [0, 0.1) is 0 Å². The lowest BCUT2D eigenvalue weighted by Crippen LogP contribution is -2.17. The van der Waals surface area contributed by atoms with Crippen LogP contribution in [0.2, 0.25) is 0 Å². The van der Waals surface area contributed by atoms with Gasteiger partial charge in [0.25, 0.3) is 11.1 Å². The number of hydrogen-bond acceptors (Lipinski definition) is 7. The molecule has 0 radical (unpaired) electrons. The molecule has 3 aromatic heterocycles.